The van der Waals surface area contributed by atoms with E-state index < -0.39 is 10.7 Å². The van der Waals surface area contributed by atoms with E-state index in [-0.39, 0.29) is 23.0 Å². The number of nitrogens with zero attached hydrogens (tertiary/aromatic N) is 2. The fourth-order valence-corrected chi connectivity index (χ4v) is 1.23. The summed E-state index contributed by atoms with van der Waals surface area (Å²) in [6.45, 7) is 0. The van der Waals surface area contributed by atoms with Crippen molar-refractivity contribution in [3.63, 3.8) is 0 Å². The second-order valence-corrected chi connectivity index (χ2v) is 2.98. The van der Waals surface area contributed by atoms with Gasteiger partial charge in [0.05, 0.1) is 16.7 Å². The molecule has 0 spiro atoms. The molecule has 82 valence electrons. The second kappa shape index (κ2) is 3.61. The molecular weight excluding hydrogens is 217 g/mol. The van der Waals surface area contributed by atoms with Gasteiger partial charge in [0.15, 0.2) is 5.76 Å². The molecule has 2 aromatic rings. The summed E-state index contributed by atoms with van der Waals surface area (Å²) < 4.78 is 18.3. The lowest BCUT2D eigenvalue weighted by molar-refractivity contribution is -0.384. The summed E-state index contributed by atoms with van der Waals surface area (Å²) in [6, 6.07) is 3.00. The van der Waals surface area contributed by atoms with Crippen molar-refractivity contribution in [1.82, 2.24) is 4.98 Å². The molecule has 0 atom stereocenters. The van der Waals surface area contributed by atoms with Crippen LogP contribution in [0.15, 0.2) is 28.8 Å². The molecule has 0 saturated carbocycles. The van der Waals surface area contributed by atoms with Crippen molar-refractivity contribution in [3.8, 4) is 11.3 Å². The Morgan fingerprint density at radius 3 is 2.81 bits per heavy atom. The quantitative estimate of drug-likeness (QED) is 0.620. The van der Waals surface area contributed by atoms with Crippen LogP contribution in [-0.2, 0) is 0 Å². The highest BCUT2D eigenvalue weighted by molar-refractivity contribution is 5.61. The minimum atomic E-state index is -0.637. The third-order valence-electron chi connectivity index (χ3n) is 1.95. The van der Waals surface area contributed by atoms with Gasteiger partial charge in [-0.25, -0.2) is 9.37 Å². The number of oxazole rings is 1. The molecule has 0 unspecified atom stereocenters. The Kier molecular flexibility index (Phi) is 2.28. The lowest BCUT2D eigenvalue weighted by atomic mass is 10.1. The molecule has 2 N–H and O–H groups in total. The van der Waals surface area contributed by atoms with Crippen molar-refractivity contribution in [2.45, 2.75) is 0 Å². The first-order valence-corrected chi connectivity index (χ1v) is 4.23. The Morgan fingerprint density at radius 2 is 2.25 bits per heavy atom. The maximum atomic E-state index is 13.4. The number of nitro groups is 1. The van der Waals surface area contributed by atoms with Gasteiger partial charge in [0.25, 0.3) is 11.7 Å². The molecule has 0 amide bonds. The Morgan fingerprint density at radius 1 is 1.50 bits per heavy atom. The van der Waals surface area contributed by atoms with Gasteiger partial charge in [0.1, 0.15) is 5.82 Å². The fourth-order valence-electron chi connectivity index (χ4n) is 1.23. The SMILES string of the molecule is Nc1ncc(-c2cc([N+](=O)[O-])ccc2F)o1. The summed E-state index contributed by atoms with van der Waals surface area (Å²) in [5, 5.41) is 10.5. The number of nitrogens with two attached hydrogens (primary N) is 1. The highest BCUT2D eigenvalue weighted by Crippen LogP contribution is 2.27. The molecule has 6 nitrogen and oxygen atoms in total. The average Bonchev–Trinajstić information content (AvgIpc) is 2.65. The summed E-state index contributed by atoms with van der Waals surface area (Å²) in [7, 11) is 0. The van der Waals surface area contributed by atoms with Crippen LogP contribution in [-0.4, -0.2) is 9.91 Å². The summed E-state index contributed by atoms with van der Waals surface area (Å²) >= 11 is 0. The third-order valence-corrected chi connectivity index (χ3v) is 1.95. The van der Waals surface area contributed by atoms with E-state index in [4.69, 9.17) is 10.2 Å². The lowest BCUT2D eigenvalue weighted by Gasteiger charge is -1.98. The minimum Gasteiger partial charge on any atom is -0.424 e. The molecule has 1 aromatic heterocycles. The maximum absolute atomic E-state index is 13.4. The number of aromatic nitrogens is 1. The molecule has 0 aliphatic rings. The summed E-state index contributed by atoms with van der Waals surface area (Å²) in [5.74, 6) is -0.583. The minimum absolute atomic E-state index is 0.0431. The van der Waals surface area contributed by atoms with Crippen LogP contribution < -0.4 is 5.73 Å². The van der Waals surface area contributed by atoms with Gasteiger partial charge >= 0.3 is 0 Å². The molecule has 2 rings (SSSR count). The fraction of sp³-hybridized carbons (Fsp3) is 0. The number of hydrogen-bond acceptors (Lipinski definition) is 5. The first-order valence-electron chi connectivity index (χ1n) is 4.23. The zero-order chi connectivity index (χ0) is 11.7. The maximum Gasteiger partial charge on any atom is 0.292 e. The lowest BCUT2D eigenvalue weighted by Crippen LogP contribution is -1.90. The van der Waals surface area contributed by atoms with E-state index in [0.717, 1.165) is 18.2 Å². The number of benzene rings is 1. The van der Waals surface area contributed by atoms with E-state index in [9.17, 15) is 14.5 Å². The Labute approximate surface area is 88.7 Å². The predicted molar refractivity (Wildman–Crippen MR) is 53.0 cm³/mol. The van der Waals surface area contributed by atoms with Gasteiger partial charge in [-0.3, -0.25) is 10.1 Å². The molecule has 0 aliphatic heterocycles. The van der Waals surface area contributed by atoms with Crippen LogP contribution in [0.4, 0.5) is 16.1 Å². The molecule has 16 heavy (non-hydrogen) atoms. The number of non-ortho nitro benzene ring substituents is 1. The number of nitrogen functional groups attached to an aromatic ring is 1. The van der Waals surface area contributed by atoms with Gasteiger partial charge in [-0.05, 0) is 6.07 Å². The Balaban J connectivity index is 2.55. The molecule has 0 bridgehead atoms. The molecule has 0 aliphatic carbocycles. The van der Waals surface area contributed by atoms with Crippen molar-refractivity contribution in [2.75, 3.05) is 5.73 Å². The zero-order valence-electron chi connectivity index (χ0n) is 7.88. The number of anilines is 1. The number of rotatable bonds is 2. The van der Waals surface area contributed by atoms with Crippen molar-refractivity contribution in [1.29, 1.82) is 0 Å². The van der Waals surface area contributed by atoms with Gasteiger partial charge < -0.3 is 10.2 Å². The van der Waals surface area contributed by atoms with Gasteiger partial charge in [0, 0.05) is 12.1 Å². The van der Waals surface area contributed by atoms with Crippen LogP contribution in [0.1, 0.15) is 0 Å². The topological polar surface area (TPSA) is 95.2 Å². The molecule has 1 heterocycles. The summed E-state index contributed by atoms with van der Waals surface area (Å²) in [6.07, 6.45) is 1.21. The highest BCUT2D eigenvalue weighted by Gasteiger charge is 2.15. The number of halogens is 1. The van der Waals surface area contributed by atoms with Crippen LogP contribution in [0.25, 0.3) is 11.3 Å². The van der Waals surface area contributed by atoms with Crippen LogP contribution in [0, 0.1) is 15.9 Å². The molecule has 0 radical (unpaired) electrons. The van der Waals surface area contributed by atoms with E-state index in [2.05, 4.69) is 4.98 Å². The van der Waals surface area contributed by atoms with Gasteiger partial charge in [0.2, 0.25) is 0 Å². The Hall–Kier alpha value is -2.44. The van der Waals surface area contributed by atoms with Crippen molar-refractivity contribution in [3.05, 3.63) is 40.3 Å². The monoisotopic (exact) mass is 223 g/mol. The molecule has 0 saturated heterocycles. The van der Waals surface area contributed by atoms with E-state index in [1.165, 1.54) is 6.20 Å². The molecule has 7 heteroatoms. The van der Waals surface area contributed by atoms with E-state index >= 15 is 0 Å². The van der Waals surface area contributed by atoms with Crippen LogP contribution in [0.3, 0.4) is 0 Å². The predicted octanol–water partition coefficient (Wildman–Crippen LogP) is 1.97. The normalized spacial score (nSPS) is 10.3. The zero-order valence-corrected chi connectivity index (χ0v) is 7.88. The molecular formula is C9H6FN3O3. The van der Waals surface area contributed by atoms with Crippen molar-refractivity contribution in [2.24, 2.45) is 0 Å². The van der Waals surface area contributed by atoms with Crippen LogP contribution in [0.5, 0.6) is 0 Å². The first kappa shape index (κ1) is 10.1. The van der Waals surface area contributed by atoms with E-state index in [0.29, 0.717) is 0 Å². The van der Waals surface area contributed by atoms with E-state index in [1.807, 2.05) is 0 Å². The first-order chi connectivity index (χ1) is 7.58. The molecule has 0 fully saturated rings. The van der Waals surface area contributed by atoms with Gasteiger partial charge in [-0.1, -0.05) is 0 Å². The van der Waals surface area contributed by atoms with Crippen LogP contribution >= 0.6 is 0 Å². The number of hydrogen-bond donors (Lipinski definition) is 1. The largest absolute Gasteiger partial charge is 0.424 e. The standard InChI is InChI=1S/C9H6FN3O3/c10-7-2-1-5(13(14)15)3-6(7)8-4-12-9(11)16-8/h1-4H,(H2,11,12). The highest BCUT2D eigenvalue weighted by atomic mass is 19.1. The molecule has 1 aromatic carbocycles. The summed E-state index contributed by atoms with van der Waals surface area (Å²) in [5.41, 5.74) is 4.96. The average molecular weight is 223 g/mol. The number of nitro benzene ring substituents is 1. The van der Waals surface area contributed by atoms with Gasteiger partial charge in [-0.2, -0.15) is 0 Å². The van der Waals surface area contributed by atoms with E-state index in [1.54, 1.807) is 0 Å². The second-order valence-electron chi connectivity index (χ2n) is 2.98. The van der Waals surface area contributed by atoms with Gasteiger partial charge in [-0.15, -0.1) is 0 Å². The third kappa shape index (κ3) is 1.70. The van der Waals surface area contributed by atoms with Crippen LogP contribution in [0.2, 0.25) is 0 Å². The Bertz CT molecular complexity index is 553. The van der Waals surface area contributed by atoms with Crippen molar-refractivity contribution >= 4 is 11.7 Å². The smallest absolute Gasteiger partial charge is 0.292 e. The summed E-state index contributed by atoms with van der Waals surface area (Å²) in [4.78, 5) is 13.5. The van der Waals surface area contributed by atoms with Crippen molar-refractivity contribution < 1.29 is 13.7 Å².